The molecule has 279 valence electrons. The maximum absolute atomic E-state index is 5.66. The summed E-state index contributed by atoms with van der Waals surface area (Å²) in [6.07, 6.45) is 12.1. The van der Waals surface area contributed by atoms with E-state index in [9.17, 15) is 0 Å². The van der Waals surface area contributed by atoms with Gasteiger partial charge in [0.1, 0.15) is 11.6 Å². The van der Waals surface area contributed by atoms with Crippen LogP contribution in [0.1, 0.15) is 59.3 Å². The lowest BCUT2D eigenvalue weighted by atomic mass is 9.96. The molecule has 2 N–H and O–H groups in total. The highest BCUT2D eigenvalue weighted by Crippen LogP contribution is 2.32. The molecular weight excluding hydrogens is 693 g/mol. The van der Waals surface area contributed by atoms with Crippen molar-refractivity contribution in [2.45, 2.75) is 64.5 Å². The number of ether oxygens (including phenoxy) is 1. The van der Waals surface area contributed by atoms with Gasteiger partial charge in [0.25, 0.3) is 0 Å². The van der Waals surface area contributed by atoms with Crippen LogP contribution in [-0.4, -0.2) is 36.2 Å². The first-order chi connectivity index (χ1) is 27.7. The van der Waals surface area contributed by atoms with E-state index in [1.165, 1.54) is 53.6 Å². The molecule has 4 heterocycles. The zero-order chi connectivity index (χ0) is 37.7. The van der Waals surface area contributed by atoms with Crippen LogP contribution in [0.2, 0.25) is 0 Å². The van der Waals surface area contributed by atoms with Crippen LogP contribution in [0, 0.1) is 6.20 Å². The molecule has 0 fully saturated rings. The number of nitrogens with one attached hydrogen (secondary N) is 2. The molecule has 8 aromatic rings. The predicted octanol–water partition coefficient (Wildman–Crippen LogP) is 9.63. The van der Waals surface area contributed by atoms with Gasteiger partial charge in [-0.3, -0.25) is 4.57 Å². The molecule has 10 rings (SSSR count). The van der Waals surface area contributed by atoms with E-state index in [4.69, 9.17) is 24.7 Å². The van der Waals surface area contributed by atoms with Gasteiger partial charge in [-0.05, 0) is 80.7 Å². The summed E-state index contributed by atoms with van der Waals surface area (Å²) >= 11 is 0. The smallest absolute Gasteiger partial charge is 0.239 e. The van der Waals surface area contributed by atoms with Crippen LogP contribution in [0.5, 0.6) is 5.88 Å². The molecule has 0 saturated heterocycles. The van der Waals surface area contributed by atoms with Crippen LogP contribution in [-0.2, 0) is 38.8 Å². The Balaban J connectivity index is 0.000000147. The molecule has 0 spiro atoms. The first-order valence-corrected chi connectivity index (χ1v) is 19.7. The molecule has 0 amide bonds. The molecular formula is C47H45N8O. The fourth-order valence-electron chi connectivity index (χ4n) is 7.89. The number of methoxy groups -OCH3 is 1. The van der Waals surface area contributed by atoms with Crippen LogP contribution in [0.15, 0.2) is 121 Å². The van der Waals surface area contributed by atoms with Crippen LogP contribution in [0.3, 0.4) is 0 Å². The zero-order valence-corrected chi connectivity index (χ0v) is 31.7. The van der Waals surface area contributed by atoms with Crippen molar-refractivity contribution < 1.29 is 4.74 Å². The van der Waals surface area contributed by atoms with Gasteiger partial charge in [0.05, 0.1) is 35.7 Å². The standard InChI is InChI=1S/C24H24N4O.C23H21N4/c1-29-22-15-18-11-5-8-14-21(18)28(22)24-26-20-13-7-6-12-19(20)23(27-24)25-16-17-9-3-2-4-10-17;1-2-8-17(9-3-1)16-24-22-19-11-5-6-12-20(19)25-23(26-22)27-15-14-18-10-4-7-13-21(18)27/h2-5,8-11,14-15H,6-7,12-13,16H2,1H3,(H,25,26,27);1-4,7-10,13-14H,5-6,11-12,16H2,(H,24,25,26). The van der Waals surface area contributed by atoms with Gasteiger partial charge in [0, 0.05) is 41.1 Å². The van der Waals surface area contributed by atoms with E-state index in [0.717, 1.165) is 83.8 Å². The van der Waals surface area contributed by atoms with Crippen molar-refractivity contribution in [1.29, 1.82) is 0 Å². The molecule has 4 aromatic heterocycles. The van der Waals surface area contributed by atoms with E-state index in [0.29, 0.717) is 11.9 Å². The van der Waals surface area contributed by atoms with Gasteiger partial charge >= 0.3 is 0 Å². The van der Waals surface area contributed by atoms with Gasteiger partial charge in [-0.2, -0.15) is 9.97 Å². The Labute approximate surface area is 327 Å². The van der Waals surface area contributed by atoms with Crippen LogP contribution >= 0.6 is 0 Å². The number of rotatable bonds is 9. The normalized spacial score (nSPS) is 13.4. The number of hydrogen-bond acceptors (Lipinski definition) is 7. The van der Waals surface area contributed by atoms with Crippen molar-refractivity contribution in [3.8, 4) is 17.8 Å². The lowest BCUT2D eigenvalue weighted by Crippen LogP contribution is -2.16. The summed E-state index contributed by atoms with van der Waals surface area (Å²) in [5.74, 6) is 4.01. The Morgan fingerprint density at radius 1 is 0.571 bits per heavy atom. The number of benzene rings is 4. The minimum atomic E-state index is 0.666. The number of aromatic nitrogens is 6. The molecule has 2 aliphatic rings. The summed E-state index contributed by atoms with van der Waals surface area (Å²) in [6.45, 7) is 1.51. The highest BCUT2D eigenvalue weighted by Gasteiger charge is 2.22. The second kappa shape index (κ2) is 16.1. The van der Waals surface area contributed by atoms with Gasteiger partial charge < -0.3 is 15.4 Å². The zero-order valence-electron chi connectivity index (χ0n) is 31.7. The van der Waals surface area contributed by atoms with Gasteiger partial charge in [0.2, 0.25) is 17.8 Å². The summed E-state index contributed by atoms with van der Waals surface area (Å²) < 4.78 is 9.64. The van der Waals surface area contributed by atoms with Gasteiger partial charge in [-0.1, -0.05) is 97.1 Å². The van der Waals surface area contributed by atoms with E-state index in [-0.39, 0.29) is 0 Å². The first-order valence-electron chi connectivity index (χ1n) is 19.7. The van der Waals surface area contributed by atoms with Crippen LogP contribution in [0.25, 0.3) is 33.7 Å². The lowest BCUT2D eigenvalue weighted by molar-refractivity contribution is 0.390. The van der Waals surface area contributed by atoms with Crippen molar-refractivity contribution in [1.82, 2.24) is 29.1 Å². The van der Waals surface area contributed by atoms with E-state index >= 15 is 0 Å². The number of fused-ring (bicyclic) bond motifs is 4. The third-order valence-corrected chi connectivity index (χ3v) is 10.8. The van der Waals surface area contributed by atoms with Crippen molar-refractivity contribution in [2.24, 2.45) is 0 Å². The van der Waals surface area contributed by atoms with E-state index in [1.54, 1.807) is 7.11 Å². The molecule has 2 aliphatic carbocycles. The molecule has 0 unspecified atom stereocenters. The quantitative estimate of drug-likeness (QED) is 0.152. The fourth-order valence-corrected chi connectivity index (χ4v) is 7.89. The van der Waals surface area contributed by atoms with Crippen molar-refractivity contribution in [3.63, 3.8) is 0 Å². The lowest BCUT2D eigenvalue weighted by Gasteiger charge is -2.21. The number of nitrogens with zero attached hydrogens (tertiary/aromatic N) is 6. The number of anilines is 2. The molecule has 0 atom stereocenters. The first kappa shape index (κ1) is 35.2. The van der Waals surface area contributed by atoms with Gasteiger partial charge in [-0.25, -0.2) is 14.5 Å². The Morgan fingerprint density at radius 2 is 1.09 bits per heavy atom. The van der Waals surface area contributed by atoms with E-state index in [2.05, 4.69) is 89.6 Å². The topological polar surface area (TPSA) is 94.7 Å². The number of para-hydroxylation sites is 2. The predicted molar refractivity (Wildman–Crippen MR) is 224 cm³/mol. The van der Waals surface area contributed by atoms with E-state index in [1.807, 2.05) is 57.7 Å². The summed E-state index contributed by atoms with van der Waals surface area (Å²) in [7, 11) is 1.69. The number of hydrogen-bond donors (Lipinski definition) is 2. The molecule has 1 radical (unpaired) electrons. The Morgan fingerprint density at radius 3 is 1.71 bits per heavy atom. The minimum absolute atomic E-state index is 0.666. The van der Waals surface area contributed by atoms with Gasteiger partial charge in [-0.15, -0.1) is 0 Å². The molecule has 4 aromatic carbocycles. The molecule has 56 heavy (non-hydrogen) atoms. The Bertz CT molecular complexity index is 2600. The Hall–Kier alpha value is -6.48. The maximum atomic E-state index is 5.66. The van der Waals surface area contributed by atoms with Crippen LogP contribution in [0.4, 0.5) is 11.6 Å². The minimum Gasteiger partial charge on any atom is -0.482 e. The summed E-state index contributed by atoms with van der Waals surface area (Å²) in [5, 5.41) is 9.40. The third-order valence-electron chi connectivity index (χ3n) is 10.8. The summed E-state index contributed by atoms with van der Waals surface area (Å²) in [6, 6.07) is 41.4. The highest BCUT2D eigenvalue weighted by molar-refractivity contribution is 5.84. The highest BCUT2D eigenvalue weighted by atomic mass is 16.5. The van der Waals surface area contributed by atoms with Crippen molar-refractivity contribution in [3.05, 3.63) is 161 Å². The monoisotopic (exact) mass is 737 g/mol. The SMILES string of the molecule is COc1cc2ccccc2n1-c1nc2c(c(NCc3ccccc3)n1)CCCC2.[c]1cc2ccccc2n1-c1nc2c(c(NCc3ccccc3)n1)CCCC2. The third kappa shape index (κ3) is 7.32. The molecule has 9 nitrogen and oxygen atoms in total. The van der Waals surface area contributed by atoms with Crippen molar-refractivity contribution in [2.75, 3.05) is 17.7 Å². The average molecular weight is 738 g/mol. The van der Waals surface area contributed by atoms with Crippen molar-refractivity contribution >= 4 is 33.4 Å². The second-order valence-corrected chi connectivity index (χ2v) is 14.4. The molecule has 0 aliphatic heterocycles. The maximum Gasteiger partial charge on any atom is 0.239 e. The molecule has 9 heteroatoms. The largest absolute Gasteiger partial charge is 0.482 e. The fraction of sp³-hybridized carbons (Fsp3) is 0.234. The van der Waals surface area contributed by atoms with Crippen LogP contribution < -0.4 is 15.4 Å². The summed E-state index contributed by atoms with van der Waals surface area (Å²) in [4.78, 5) is 19.7. The summed E-state index contributed by atoms with van der Waals surface area (Å²) in [5.41, 5.74) is 9.48. The van der Waals surface area contributed by atoms with E-state index < -0.39 is 0 Å². The Kier molecular flexibility index (Phi) is 10.1. The average Bonchev–Trinajstić information content (AvgIpc) is 3.88. The molecule has 0 saturated carbocycles. The molecule has 0 bridgehead atoms. The number of aryl methyl sites for hydroxylation is 2. The second-order valence-electron chi connectivity index (χ2n) is 14.4. The van der Waals surface area contributed by atoms with Gasteiger partial charge in [0.15, 0.2) is 0 Å².